The summed E-state index contributed by atoms with van der Waals surface area (Å²) in [6, 6.07) is 14.2. The first-order chi connectivity index (χ1) is 32.3. The zero-order valence-electron chi connectivity index (χ0n) is 47.2. The quantitative estimate of drug-likeness (QED) is 0.0504. The second-order valence-electron chi connectivity index (χ2n) is 23.5. The Balaban J connectivity index is 0.000000593. The monoisotopic (exact) mass is 1060 g/mol. The van der Waals surface area contributed by atoms with Crippen molar-refractivity contribution >= 4 is 37.5 Å². The van der Waals surface area contributed by atoms with Crippen LogP contribution in [0.3, 0.4) is 0 Å². The van der Waals surface area contributed by atoms with Crippen molar-refractivity contribution in [3.8, 4) is 0 Å². The van der Waals surface area contributed by atoms with Crippen molar-refractivity contribution in [2.45, 2.75) is 210 Å². The lowest BCUT2D eigenvalue weighted by Crippen LogP contribution is -2.14. The molecular formula is C60H99BrO6S2. The van der Waals surface area contributed by atoms with Gasteiger partial charge in [-0.3, -0.25) is 0 Å². The number of benzene rings is 3. The smallest absolute Gasteiger partial charge is 0.0728 e. The SMILES string of the molecule is CC(C)COCc1cc(C(C)(C)C)cc(COCC(C)C)c1Br.CCOCCCc1cc(C(C)(C)C)cc(CCCOCC)c1SSc1c(COCC(C)C)cc(C(C)(C)C)cc1COCC(C)C. The van der Waals surface area contributed by atoms with Crippen LogP contribution < -0.4 is 0 Å². The van der Waals surface area contributed by atoms with E-state index in [2.05, 4.69) is 184 Å². The maximum absolute atomic E-state index is 6.30. The van der Waals surface area contributed by atoms with Gasteiger partial charge in [-0.05, 0) is 130 Å². The third kappa shape index (κ3) is 24.9. The molecule has 0 saturated carbocycles. The van der Waals surface area contributed by atoms with Gasteiger partial charge >= 0.3 is 0 Å². The highest BCUT2D eigenvalue weighted by Crippen LogP contribution is 2.47. The Bertz CT molecular complexity index is 1800. The summed E-state index contributed by atoms with van der Waals surface area (Å²) in [5, 5.41) is 0. The maximum Gasteiger partial charge on any atom is 0.0728 e. The standard InChI is InChI=1S/C40H66O4S2.C20H33BrO2/c1-13-41-19-15-17-31-21-35(39(7,8)9)22-32(18-16-20-42-14-2)37(31)45-46-38-33(27-43-25-29(3)4)23-36(40(10,11)12)24-34(38)28-44-26-30(5)6;1-14(2)10-22-12-16-8-18(20(5,6)7)9-17(19(16)21)13-23-11-15(3)4/h21-24,29-30H,13-20,25-28H2,1-12H3;8-9,14-15H,10-13H2,1-7H3. The zero-order valence-corrected chi connectivity index (χ0v) is 50.5. The van der Waals surface area contributed by atoms with Crippen molar-refractivity contribution in [2.75, 3.05) is 52.9 Å². The van der Waals surface area contributed by atoms with Crippen molar-refractivity contribution in [3.05, 3.63) is 90.9 Å². The van der Waals surface area contributed by atoms with Gasteiger partial charge in [-0.25, -0.2) is 0 Å². The Labute approximate surface area is 440 Å². The summed E-state index contributed by atoms with van der Waals surface area (Å²) in [5.41, 5.74) is 12.1. The highest BCUT2D eigenvalue weighted by molar-refractivity contribution is 9.10. The molecule has 3 aromatic rings. The van der Waals surface area contributed by atoms with Crippen LogP contribution in [0.5, 0.6) is 0 Å². The molecule has 3 rings (SSSR count). The van der Waals surface area contributed by atoms with Gasteiger partial charge in [-0.2, -0.15) is 0 Å². The fourth-order valence-electron chi connectivity index (χ4n) is 7.29. The van der Waals surface area contributed by atoms with Gasteiger partial charge < -0.3 is 28.4 Å². The molecule has 0 radical (unpaired) electrons. The zero-order chi connectivity index (χ0) is 52.0. The minimum Gasteiger partial charge on any atom is -0.382 e. The van der Waals surface area contributed by atoms with Crippen LogP contribution in [-0.2, 0) is 83.9 Å². The molecule has 0 heterocycles. The van der Waals surface area contributed by atoms with Crippen LogP contribution in [-0.4, -0.2) is 52.9 Å². The Hall–Kier alpha value is -1.40. The second-order valence-corrected chi connectivity index (χ2v) is 26.5. The molecule has 3 aromatic carbocycles. The molecule has 0 atom stereocenters. The molecule has 0 unspecified atom stereocenters. The molecule has 6 nitrogen and oxygen atoms in total. The molecule has 0 aliphatic carbocycles. The van der Waals surface area contributed by atoms with Gasteiger partial charge in [0.05, 0.1) is 26.4 Å². The van der Waals surface area contributed by atoms with Crippen LogP contribution in [0.1, 0.15) is 194 Å². The van der Waals surface area contributed by atoms with E-state index < -0.39 is 0 Å². The number of aryl methyl sites for hydroxylation is 2. The lowest BCUT2D eigenvalue weighted by Gasteiger charge is -2.26. The van der Waals surface area contributed by atoms with Crippen LogP contribution in [0, 0.1) is 23.7 Å². The molecule has 0 spiro atoms. The van der Waals surface area contributed by atoms with Crippen LogP contribution in [0.2, 0.25) is 0 Å². The minimum atomic E-state index is 0.0280. The normalized spacial score (nSPS) is 12.5. The van der Waals surface area contributed by atoms with Crippen molar-refractivity contribution in [2.24, 2.45) is 23.7 Å². The Morgan fingerprint density at radius 1 is 0.406 bits per heavy atom. The van der Waals surface area contributed by atoms with Crippen molar-refractivity contribution in [3.63, 3.8) is 0 Å². The molecule has 0 bridgehead atoms. The van der Waals surface area contributed by atoms with E-state index in [0.717, 1.165) is 83.0 Å². The first-order valence-electron chi connectivity index (χ1n) is 26.2. The molecular weight excluding hydrogens is 961 g/mol. The Kier molecular flexibility index (Phi) is 29.6. The van der Waals surface area contributed by atoms with Crippen LogP contribution >= 0.6 is 37.5 Å². The number of halogens is 1. The summed E-state index contributed by atoms with van der Waals surface area (Å²) in [6.45, 7) is 50.9. The Morgan fingerprint density at radius 3 is 0.942 bits per heavy atom. The third-order valence-electron chi connectivity index (χ3n) is 11.2. The summed E-state index contributed by atoms with van der Waals surface area (Å²) >= 11 is 3.76. The predicted molar refractivity (Wildman–Crippen MR) is 302 cm³/mol. The molecule has 0 saturated heterocycles. The lowest BCUT2D eigenvalue weighted by atomic mass is 9.84. The van der Waals surface area contributed by atoms with E-state index in [9.17, 15) is 0 Å². The molecule has 0 aliphatic heterocycles. The minimum absolute atomic E-state index is 0.0280. The average Bonchev–Trinajstić information content (AvgIpc) is 3.23. The molecule has 0 aliphatic rings. The van der Waals surface area contributed by atoms with E-state index in [0.29, 0.717) is 50.1 Å². The highest BCUT2D eigenvalue weighted by atomic mass is 79.9. The maximum atomic E-state index is 6.30. The van der Waals surface area contributed by atoms with Gasteiger partial charge in [0.1, 0.15) is 0 Å². The summed E-state index contributed by atoms with van der Waals surface area (Å²) in [4.78, 5) is 2.68. The summed E-state index contributed by atoms with van der Waals surface area (Å²) in [7, 11) is 3.81. The first kappa shape index (κ1) is 63.7. The van der Waals surface area contributed by atoms with Gasteiger partial charge in [0.15, 0.2) is 0 Å². The second kappa shape index (κ2) is 32.0. The average molecular weight is 1060 g/mol. The largest absolute Gasteiger partial charge is 0.382 e. The van der Waals surface area contributed by atoms with E-state index >= 15 is 0 Å². The van der Waals surface area contributed by atoms with Crippen molar-refractivity contribution in [1.29, 1.82) is 0 Å². The molecule has 394 valence electrons. The molecule has 69 heavy (non-hydrogen) atoms. The summed E-state index contributed by atoms with van der Waals surface area (Å²) in [6.07, 6.45) is 4.04. The fraction of sp³-hybridized carbons (Fsp3) is 0.700. The number of hydrogen-bond acceptors (Lipinski definition) is 8. The van der Waals surface area contributed by atoms with Crippen LogP contribution in [0.25, 0.3) is 0 Å². The molecule has 0 aromatic heterocycles. The van der Waals surface area contributed by atoms with Gasteiger partial charge in [-0.15, -0.1) is 0 Å². The molecule has 0 amide bonds. The van der Waals surface area contributed by atoms with Gasteiger partial charge in [-0.1, -0.05) is 192 Å². The van der Waals surface area contributed by atoms with Gasteiger partial charge in [0.25, 0.3) is 0 Å². The van der Waals surface area contributed by atoms with E-state index in [1.165, 1.54) is 59.9 Å². The summed E-state index contributed by atoms with van der Waals surface area (Å²) in [5.74, 6) is 2.08. The molecule has 9 heteroatoms. The first-order valence-corrected chi connectivity index (χ1v) is 29.2. The topological polar surface area (TPSA) is 55.4 Å². The van der Waals surface area contributed by atoms with Gasteiger partial charge in [0.2, 0.25) is 0 Å². The van der Waals surface area contributed by atoms with E-state index in [1.807, 2.05) is 21.6 Å². The van der Waals surface area contributed by atoms with Crippen LogP contribution in [0.4, 0.5) is 0 Å². The predicted octanol–water partition coefficient (Wildman–Crippen LogP) is 17.5. The molecule has 0 N–H and O–H groups in total. The molecule has 0 fully saturated rings. The fourth-order valence-corrected chi connectivity index (χ4v) is 10.7. The van der Waals surface area contributed by atoms with E-state index in [-0.39, 0.29) is 16.2 Å². The number of hydrogen-bond donors (Lipinski definition) is 0. The van der Waals surface area contributed by atoms with Crippen LogP contribution in [0.15, 0.2) is 50.7 Å². The number of rotatable bonds is 29. The van der Waals surface area contributed by atoms with Crippen molar-refractivity contribution < 1.29 is 28.4 Å². The van der Waals surface area contributed by atoms with E-state index in [1.54, 1.807) is 0 Å². The van der Waals surface area contributed by atoms with Crippen molar-refractivity contribution in [1.82, 2.24) is 0 Å². The Morgan fingerprint density at radius 2 is 0.667 bits per heavy atom. The van der Waals surface area contributed by atoms with E-state index in [4.69, 9.17) is 28.4 Å². The number of ether oxygens (including phenoxy) is 6. The van der Waals surface area contributed by atoms with Gasteiger partial charge in [0, 0.05) is 67.1 Å². The summed E-state index contributed by atoms with van der Waals surface area (Å²) < 4.78 is 37.0. The lowest BCUT2D eigenvalue weighted by molar-refractivity contribution is 0.0907. The third-order valence-corrected chi connectivity index (χ3v) is 15.0. The highest BCUT2D eigenvalue weighted by Gasteiger charge is 2.24.